The lowest BCUT2D eigenvalue weighted by Crippen LogP contribution is -2.30. The quantitative estimate of drug-likeness (QED) is 0.0169. The van der Waals surface area contributed by atoms with Gasteiger partial charge in [-0.3, -0.25) is 37.3 Å². The van der Waals surface area contributed by atoms with E-state index in [4.69, 9.17) is 37.0 Å². The van der Waals surface area contributed by atoms with Crippen LogP contribution in [0, 0.1) is 0 Å². The summed E-state index contributed by atoms with van der Waals surface area (Å²) in [4.78, 5) is 73.1. The Hall–Kier alpha value is -2.98. The van der Waals surface area contributed by atoms with E-state index < -0.39 is 97.5 Å². The summed E-state index contributed by atoms with van der Waals surface area (Å²) in [5.41, 5.74) is 0. The number of phosphoric ester groups is 2. The molecule has 0 saturated heterocycles. The number of hydrogen-bond donors (Lipinski definition) is 3. The van der Waals surface area contributed by atoms with Crippen molar-refractivity contribution in [1.82, 2.24) is 0 Å². The van der Waals surface area contributed by atoms with Crippen molar-refractivity contribution in [3.63, 3.8) is 0 Å². The summed E-state index contributed by atoms with van der Waals surface area (Å²) in [6, 6.07) is 0. The molecule has 19 heteroatoms. The van der Waals surface area contributed by atoms with E-state index in [1.165, 1.54) is 238 Å². The molecule has 0 aromatic rings. The molecule has 0 heterocycles. The third kappa shape index (κ3) is 77.2. The van der Waals surface area contributed by atoms with Gasteiger partial charge in [0.25, 0.3) is 0 Å². The molecule has 0 aliphatic rings. The van der Waals surface area contributed by atoms with Gasteiger partial charge in [0, 0.05) is 25.7 Å². The van der Waals surface area contributed by atoms with Gasteiger partial charge >= 0.3 is 39.5 Å². The van der Waals surface area contributed by atoms with E-state index in [2.05, 4.69) is 64.2 Å². The minimum atomic E-state index is -4.98. The highest BCUT2D eigenvalue weighted by atomic mass is 31.2. The number of carbonyl (C=O) groups excluding carboxylic acids is 4. The molecule has 5 atom stereocenters. The fourth-order valence-corrected chi connectivity index (χ4v) is 13.9. The molecule has 610 valence electrons. The Morgan fingerprint density at radius 2 is 0.481 bits per heavy atom. The number of ether oxygens (including phenoxy) is 4. The number of phosphoric acid groups is 2. The number of allylic oxidation sites excluding steroid dienone is 8. The molecule has 0 bridgehead atoms. The first-order chi connectivity index (χ1) is 50.7. The predicted molar refractivity (Wildman–Crippen MR) is 427 cm³/mol. The van der Waals surface area contributed by atoms with Crippen LogP contribution in [0.5, 0.6) is 0 Å². The SMILES string of the molecule is CCCCC/C=C\C/C=C\C/C=C\C/C=C\CCCC(=O)O[C@H](COC(=O)CCCCCCCCCCCCCCC)COP(=O)(O)OC[C@@H](O)COP(=O)(O)OC[C@@H](COC(=O)CCCCCCCCCCCCCCCCCCC)OC(=O)CCCCCCCCCCCCCCCCCCC. The van der Waals surface area contributed by atoms with Crippen molar-refractivity contribution in [2.75, 3.05) is 39.6 Å². The molecular weight excluding hydrogens is 1350 g/mol. The molecule has 0 rings (SSSR count). The van der Waals surface area contributed by atoms with E-state index in [0.29, 0.717) is 32.1 Å². The largest absolute Gasteiger partial charge is 0.472 e. The van der Waals surface area contributed by atoms with Crippen LogP contribution in [0.3, 0.4) is 0 Å². The van der Waals surface area contributed by atoms with Gasteiger partial charge in [-0.25, -0.2) is 9.13 Å². The van der Waals surface area contributed by atoms with Crippen molar-refractivity contribution < 1.29 is 80.2 Å². The minimum Gasteiger partial charge on any atom is -0.462 e. The Bertz CT molecular complexity index is 2150. The average Bonchev–Trinajstić information content (AvgIpc) is 0.911. The highest BCUT2D eigenvalue weighted by molar-refractivity contribution is 7.47. The van der Waals surface area contributed by atoms with Gasteiger partial charge in [0.15, 0.2) is 12.2 Å². The summed E-state index contributed by atoms with van der Waals surface area (Å²) in [6.07, 6.45) is 78.0. The van der Waals surface area contributed by atoms with Crippen molar-refractivity contribution in [2.24, 2.45) is 0 Å². The standard InChI is InChI=1S/C85H158O17P2/c1-5-9-13-17-21-25-29-33-36-39-42-46-50-54-58-62-66-70-83(88)96-76-81(102-85(90)72-68-64-60-56-52-48-44-41-38-35-31-27-23-19-15-11-7-3)78-100-104(93,94)98-74-79(86)73-97-103(91,92)99-77-80(75-95-82(87)69-65-61-57-53-49-45-32-28-24-20-16-12-8-4)101-84(89)71-67-63-59-55-51-47-43-40-37-34-30-26-22-18-14-10-6-2/h22,26,34,37,43,47,55,59,79-81,86H,5-21,23-25,27-33,35-36,38-42,44-46,48-54,56-58,60-78H2,1-4H3,(H,91,92)(H,93,94)/b26-22-,37-34-,47-43-,59-55-/t79-,80-,81-/m1/s1. The molecule has 0 spiro atoms. The molecule has 0 aliphatic heterocycles. The van der Waals surface area contributed by atoms with Crippen molar-refractivity contribution in [3.05, 3.63) is 48.6 Å². The number of aliphatic hydroxyl groups excluding tert-OH is 1. The Labute approximate surface area is 636 Å². The Morgan fingerprint density at radius 3 is 0.760 bits per heavy atom. The molecule has 3 N–H and O–H groups in total. The monoisotopic (exact) mass is 1510 g/mol. The molecule has 0 amide bonds. The number of aliphatic hydroxyl groups is 1. The second kappa shape index (κ2) is 78.2. The Morgan fingerprint density at radius 1 is 0.269 bits per heavy atom. The predicted octanol–water partition coefficient (Wildman–Crippen LogP) is 25.2. The number of esters is 4. The van der Waals surface area contributed by atoms with Crippen molar-refractivity contribution in [3.8, 4) is 0 Å². The summed E-state index contributed by atoms with van der Waals surface area (Å²) >= 11 is 0. The molecular formula is C85H158O17P2. The highest BCUT2D eigenvalue weighted by Crippen LogP contribution is 2.45. The normalized spacial score (nSPS) is 14.0. The molecule has 17 nitrogen and oxygen atoms in total. The molecule has 0 aliphatic carbocycles. The number of carbonyl (C=O) groups is 4. The zero-order valence-electron chi connectivity index (χ0n) is 67.0. The summed E-state index contributed by atoms with van der Waals surface area (Å²) < 4.78 is 68.8. The first-order valence-electron chi connectivity index (χ1n) is 42.9. The second-order valence-electron chi connectivity index (χ2n) is 29.2. The maximum atomic E-state index is 13.1. The average molecular weight is 1510 g/mol. The van der Waals surface area contributed by atoms with Gasteiger partial charge in [-0.15, -0.1) is 0 Å². The van der Waals surface area contributed by atoms with E-state index >= 15 is 0 Å². The smallest absolute Gasteiger partial charge is 0.462 e. The lowest BCUT2D eigenvalue weighted by molar-refractivity contribution is -0.161. The van der Waals surface area contributed by atoms with Gasteiger partial charge in [0.05, 0.1) is 26.4 Å². The number of hydrogen-bond acceptors (Lipinski definition) is 15. The van der Waals surface area contributed by atoms with Crippen LogP contribution in [-0.4, -0.2) is 96.7 Å². The first kappa shape index (κ1) is 101. The number of unbranched alkanes of at least 4 members (excludes halogenated alkanes) is 48. The van der Waals surface area contributed by atoms with Crippen LogP contribution in [0.25, 0.3) is 0 Å². The van der Waals surface area contributed by atoms with Crippen LogP contribution >= 0.6 is 15.6 Å². The topological polar surface area (TPSA) is 237 Å². The van der Waals surface area contributed by atoms with Crippen LogP contribution in [-0.2, 0) is 65.4 Å². The Balaban J connectivity index is 5.35. The molecule has 0 radical (unpaired) electrons. The summed E-state index contributed by atoms with van der Waals surface area (Å²) in [5, 5.41) is 10.7. The summed E-state index contributed by atoms with van der Waals surface area (Å²) in [7, 11) is -9.96. The molecule has 0 saturated carbocycles. The fraction of sp³-hybridized carbons (Fsp3) is 0.859. The van der Waals surface area contributed by atoms with E-state index in [0.717, 1.165) is 89.9 Å². The van der Waals surface area contributed by atoms with Crippen molar-refractivity contribution >= 4 is 39.5 Å². The summed E-state index contributed by atoms with van der Waals surface area (Å²) in [6.45, 7) is 4.91. The van der Waals surface area contributed by atoms with Crippen LogP contribution in [0.2, 0.25) is 0 Å². The van der Waals surface area contributed by atoms with Crippen LogP contribution in [0.4, 0.5) is 0 Å². The zero-order chi connectivity index (χ0) is 76.0. The van der Waals surface area contributed by atoms with Crippen LogP contribution in [0.1, 0.15) is 413 Å². The van der Waals surface area contributed by atoms with Gasteiger partial charge in [-0.05, 0) is 64.2 Å². The lowest BCUT2D eigenvalue weighted by Gasteiger charge is -2.21. The third-order valence-corrected chi connectivity index (χ3v) is 20.7. The maximum absolute atomic E-state index is 13.1. The number of rotatable bonds is 82. The fourth-order valence-electron chi connectivity index (χ4n) is 12.3. The lowest BCUT2D eigenvalue weighted by atomic mass is 10.0. The minimum absolute atomic E-state index is 0.0257. The van der Waals surface area contributed by atoms with Gasteiger partial charge in [0.2, 0.25) is 0 Å². The van der Waals surface area contributed by atoms with Crippen molar-refractivity contribution in [2.45, 2.75) is 431 Å². The molecule has 0 aromatic carbocycles. The van der Waals surface area contributed by atoms with Crippen molar-refractivity contribution in [1.29, 1.82) is 0 Å². The third-order valence-electron chi connectivity index (χ3n) is 18.8. The van der Waals surface area contributed by atoms with Crippen LogP contribution in [0.15, 0.2) is 48.6 Å². The van der Waals surface area contributed by atoms with Crippen LogP contribution < -0.4 is 0 Å². The molecule has 104 heavy (non-hydrogen) atoms. The van der Waals surface area contributed by atoms with Gasteiger partial charge < -0.3 is 33.8 Å². The van der Waals surface area contributed by atoms with Gasteiger partial charge in [-0.2, -0.15) is 0 Å². The zero-order valence-corrected chi connectivity index (χ0v) is 68.8. The Kier molecular flexibility index (Phi) is 75.9. The molecule has 0 aromatic heterocycles. The summed E-state index contributed by atoms with van der Waals surface area (Å²) in [5.74, 6) is -2.19. The second-order valence-corrected chi connectivity index (χ2v) is 32.1. The molecule has 0 fully saturated rings. The van der Waals surface area contributed by atoms with E-state index in [1.807, 2.05) is 12.2 Å². The highest BCUT2D eigenvalue weighted by Gasteiger charge is 2.30. The van der Waals surface area contributed by atoms with E-state index in [9.17, 15) is 43.2 Å². The van der Waals surface area contributed by atoms with Gasteiger partial charge in [-0.1, -0.05) is 372 Å². The van der Waals surface area contributed by atoms with E-state index in [-0.39, 0.29) is 25.7 Å². The first-order valence-corrected chi connectivity index (χ1v) is 45.9. The molecule has 2 unspecified atom stereocenters. The van der Waals surface area contributed by atoms with E-state index in [1.54, 1.807) is 0 Å². The maximum Gasteiger partial charge on any atom is 0.472 e. The van der Waals surface area contributed by atoms with Gasteiger partial charge in [0.1, 0.15) is 19.3 Å².